The van der Waals surface area contributed by atoms with Crippen molar-refractivity contribution in [2.45, 2.75) is 50.0 Å². The van der Waals surface area contributed by atoms with Crippen LogP contribution in [0.25, 0.3) is 0 Å². The smallest absolute Gasteiger partial charge is 0.240 e. The van der Waals surface area contributed by atoms with E-state index in [1.807, 2.05) is 0 Å². The standard InChI is InChI=1S/C16H24N2O3S/c1-13-6-5-7-14(12-13)18-16(19)10-11-17-22(20,21)15-8-3-2-4-9-15/h2-4,8-9,13-14,17H,5-7,10-12H2,1H3,(H,18,19). The van der Waals surface area contributed by atoms with E-state index in [-0.39, 0.29) is 29.8 Å². The zero-order valence-electron chi connectivity index (χ0n) is 12.9. The van der Waals surface area contributed by atoms with E-state index in [1.165, 1.54) is 18.6 Å². The molecule has 6 heteroatoms. The molecule has 1 amide bonds. The second-order valence-corrected chi connectivity index (χ2v) is 7.76. The topological polar surface area (TPSA) is 75.3 Å². The largest absolute Gasteiger partial charge is 0.353 e. The zero-order valence-corrected chi connectivity index (χ0v) is 13.7. The number of sulfonamides is 1. The molecule has 2 atom stereocenters. The van der Waals surface area contributed by atoms with Crippen molar-refractivity contribution in [2.75, 3.05) is 6.54 Å². The summed E-state index contributed by atoms with van der Waals surface area (Å²) in [5, 5.41) is 3.00. The molecule has 5 nitrogen and oxygen atoms in total. The third kappa shape index (κ3) is 5.10. The average molecular weight is 324 g/mol. The lowest BCUT2D eigenvalue weighted by Gasteiger charge is -2.27. The first kappa shape index (κ1) is 17.0. The van der Waals surface area contributed by atoms with Crippen molar-refractivity contribution >= 4 is 15.9 Å². The molecular weight excluding hydrogens is 300 g/mol. The van der Waals surface area contributed by atoms with Gasteiger partial charge in [0.1, 0.15) is 0 Å². The normalized spacial score (nSPS) is 22.2. The van der Waals surface area contributed by atoms with Crippen LogP contribution in [0.4, 0.5) is 0 Å². The Hall–Kier alpha value is -1.40. The summed E-state index contributed by atoms with van der Waals surface area (Å²) in [5.41, 5.74) is 0. The average Bonchev–Trinajstić information content (AvgIpc) is 2.48. The molecule has 1 aliphatic carbocycles. The number of amides is 1. The van der Waals surface area contributed by atoms with Crippen molar-refractivity contribution in [1.29, 1.82) is 0 Å². The Bertz CT molecular complexity index is 587. The van der Waals surface area contributed by atoms with Crippen LogP contribution < -0.4 is 10.0 Å². The van der Waals surface area contributed by atoms with Gasteiger partial charge in [0.05, 0.1) is 4.90 Å². The maximum absolute atomic E-state index is 12.0. The van der Waals surface area contributed by atoms with E-state index in [2.05, 4.69) is 17.0 Å². The molecule has 1 fully saturated rings. The monoisotopic (exact) mass is 324 g/mol. The number of hydrogen-bond donors (Lipinski definition) is 2. The third-order valence-electron chi connectivity index (χ3n) is 4.00. The quantitative estimate of drug-likeness (QED) is 0.841. The Morgan fingerprint density at radius 3 is 2.64 bits per heavy atom. The predicted molar refractivity (Wildman–Crippen MR) is 85.8 cm³/mol. The van der Waals surface area contributed by atoms with Gasteiger partial charge in [0, 0.05) is 19.0 Å². The minimum absolute atomic E-state index is 0.0881. The second kappa shape index (κ2) is 7.74. The lowest BCUT2D eigenvalue weighted by Crippen LogP contribution is -2.39. The van der Waals surface area contributed by atoms with Gasteiger partial charge in [-0.3, -0.25) is 4.79 Å². The van der Waals surface area contributed by atoms with E-state index >= 15 is 0 Å². The minimum atomic E-state index is -3.53. The molecule has 0 aliphatic heterocycles. The Balaban J connectivity index is 1.75. The van der Waals surface area contributed by atoms with Gasteiger partial charge in [-0.05, 0) is 30.9 Å². The maximum Gasteiger partial charge on any atom is 0.240 e. The first-order chi connectivity index (χ1) is 10.5. The summed E-state index contributed by atoms with van der Waals surface area (Å²) in [6.07, 6.45) is 4.57. The number of nitrogens with one attached hydrogen (secondary N) is 2. The van der Waals surface area contributed by atoms with E-state index in [9.17, 15) is 13.2 Å². The molecule has 0 heterocycles. The van der Waals surface area contributed by atoms with Crippen LogP contribution in [-0.4, -0.2) is 26.9 Å². The highest BCUT2D eigenvalue weighted by Gasteiger charge is 2.20. The number of carbonyl (C=O) groups is 1. The Kier molecular flexibility index (Phi) is 5.97. The first-order valence-corrected chi connectivity index (χ1v) is 9.30. The van der Waals surface area contributed by atoms with Crippen LogP contribution in [0.5, 0.6) is 0 Å². The van der Waals surface area contributed by atoms with Crippen molar-refractivity contribution in [3.63, 3.8) is 0 Å². The molecule has 0 bridgehead atoms. The van der Waals surface area contributed by atoms with Crippen molar-refractivity contribution in [1.82, 2.24) is 10.0 Å². The number of carbonyl (C=O) groups excluding carboxylic acids is 1. The highest BCUT2D eigenvalue weighted by atomic mass is 32.2. The molecule has 1 saturated carbocycles. The summed E-state index contributed by atoms with van der Waals surface area (Å²) >= 11 is 0. The van der Waals surface area contributed by atoms with Gasteiger partial charge < -0.3 is 5.32 Å². The zero-order chi connectivity index (χ0) is 16.0. The van der Waals surface area contributed by atoms with Crippen LogP contribution in [-0.2, 0) is 14.8 Å². The molecule has 1 aromatic rings. The SMILES string of the molecule is CC1CCCC(NC(=O)CCNS(=O)(=O)c2ccccc2)C1. The Morgan fingerprint density at radius 2 is 1.95 bits per heavy atom. The Morgan fingerprint density at radius 1 is 1.23 bits per heavy atom. The van der Waals surface area contributed by atoms with Crippen molar-refractivity contribution in [3.8, 4) is 0 Å². The van der Waals surface area contributed by atoms with Crippen LogP contribution in [0.3, 0.4) is 0 Å². The van der Waals surface area contributed by atoms with E-state index in [4.69, 9.17) is 0 Å². The molecule has 2 rings (SSSR count). The lowest BCUT2D eigenvalue weighted by molar-refractivity contribution is -0.121. The highest BCUT2D eigenvalue weighted by molar-refractivity contribution is 7.89. The van der Waals surface area contributed by atoms with E-state index in [1.54, 1.807) is 18.2 Å². The van der Waals surface area contributed by atoms with Gasteiger partial charge in [-0.25, -0.2) is 13.1 Å². The van der Waals surface area contributed by atoms with Crippen LogP contribution in [0.15, 0.2) is 35.2 Å². The summed E-state index contributed by atoms with van der Waals surface area (Å²) in [7, 11) is -3.53. The summed E-state index contributed by atoms with van der Waals surface area (Å²) in [5.74, 6) is 0.561. The molecule has 0 aromatic heterocycles. The number of benzene rings is 1. The molecule has 0 radical (unpaired) electrons. The van der Waals surface area contributed by atoms with E-state index < -0.39 is 10.0 Å². The highest BCUT2D eigenvalue weighted by Crippen LogP contribution is 2.23. The molecule has 1 aromatic carbocycles. The van der Waals surface area contributed by atoms with Gasteiger partial charge >= 0.3 is 0 Å². The molecule has 0 saturated heterocycles. The van der Waals surface area contributed by atoms with Crippen LogP contribution in [0.2, 0.25) is 0 Å². The number of rotatable bonds is 6. The fourth-order valence-corrected chi connectivity index (χ4v) is 3.90. The minimum Gasteiger partial charge on any atom is -0.353 e. The van der Waals surface area contributed by atoms with Crippen LogP contribution >= 0.6 is 0 Å². The maximum atomic E-state index is 12.0. The molecule has 0 spiro atoms. The van der Waals surface area contributed by atoms with Gasteiger partial charge in [0.15, 0.2) is 0 Å². The first-order valence-electron chi connectivity index (χ1n) is 7.81. The molecule has 22 heavy (non-hydrogen) atoms. The van der Waals surface area contributed by atoms with Gasteiger partial charge in [0.25, 0.3) is 0 Å². The van der Waals surface area contributed by atoms with E-state index in [0.29, 0.717) is 5.92 Å². The molecule has 122 valence electrons. The van der Waals surface area contributed by atoms with Crippen molar-refractivity contribution < 1.29 is 13.2 Å². The molecule has 2 N–H and O–H groups in total. The van der Waals surface area contributed by atoms with Crippen LogP contribution in [0.1, 0.15) is 39.0 Å². The summed E-state index contributed by atoms with van der Waals surface area (Å²) in [6, 6.07) is 8.41. The van der Waals surface area contributed by atoms with Crippen LogP contribution in [0, 0.1) is 5.92 Å². The number of hydrogen-bond acceptors (Lipinski definition) is 3. The van der Waals surface area contributed by atoms with E-state index in [0.717, 1.165) is 19.3 Å². The molecule has 2 unspecified atom stereocenters. The van der Waals surface area contributed by atoms with Gasteiger partial charge in [-0.2, -0.15) is 0 Å². The predicted octanol–water partition coefficient (Wildman–Crippen LogP) is 2.05. The van der Waals surface area contributed by atoms with Gasteiger partial charge in [-0.1, -0.05) is 38.0 Å². The fraction of sp³-hybridized carbons (Fsp3) is 0.562. The molecule has 1 aliphatic rings. The Labute approximate surface area is 132 Å². The van der Waals surface area contributed by atoms with Crippen molar-refractivity contribution in [2.24, 2.45) is 5.92 Å². The third-order valence-corrected chi connectivity index (χ3v) is 5.48. The van der Waals surface area contributed by atoms with Crippen molar-refractivity contribution in [3.05, 3.63) is 30.3 Å². The fourth-order valence-electron chi connectivity index (χ4n) is 2.85. The lowest BCUT2D eigenvalue weighted by atomic mass is 9.87. The molecular formula is C16H24N2O3S. The summed E-state index contributed by atoms with van der Waals surface area (Å²) in [4.78, 5) is 12.1. The summed E-state index contributed by atoms with van der Waals surface area (Å²) < 4.78 is 26.5. The summed E-state index contributed by atoms with van der Waals surface area (Å²) in [6.45, 7) is 2.32. The van der Waals surface area contributed by atoms with Gasteiger partial charge in [-0.15, -0.1) is 0 Å². The van der Waals surface area contributed by atoms with Gasteiger partial charge in [0.2, 0.25) is 15.9 Å². The second-order valence-electron chi connectivity index (χ2n) is 6.00.